The predicted octanol–water partition coefficient (Wildman–Crippen LogP) is 14.7. The molecule has 0 N–H and O–H groups in total. The first-order chi connectivity index (χ1) is 35.4. The third-order valence-corrected chi connectivity index (χ3v) is 14.4. The van der Waals surface area contributed by atoms with E-state index in [1.165, 1.54) is 159 Å². The van der Waals surface area contributed by atoms with Crippen molar-refractivity contribution >= 4 is 70.1 Å². The summed E-state index contributed by atoms with van der Waals surface area (Å²) in [6, 6.07) is 80.8. The van der Waals surface area contributed by atoms with Crippen molar-refractivity contribution in [3.05, 3.63) is 230 Å². The summed E-state index contributed by atoms with van der Waals surface area (Å²) in [6.45, 7) is 9.17. The molecular formula is C70H64Cl2SiZr-2. The van der Waals surface area contributed by atoms with Gasteiger partial charge >= 0.3 is 41.9 Å². The zero-order valence-corrected chi connectivity index (χ0v) is 48.2. The van der Waals surface area contributed by atoms with Crippen LogP contribution in [0.15, 0.2) is 218 Å². The van der Waals surface area contributed by atoms with Crippen molar-refractivity contribution in [2.24, 2.45) is 0 Å². The van der Waals surface area contributed by atoms with Gasteiger partial charge in [-0.15, -0.1) is 44.8 Å². The molecule has 0 nitrogen and oxygen atoms in total. The quantitative estimate of drug-likeness (QED) is 0.0650. The van der Waals surface area contributed by atoms with Gasteiger partial charge in [-0.25, -0.2) is 0 Å². The average molecular weight is 1100 g/mol. The van der Waals surface area contributed by atoms with E-state index in [2.05, 4.69) is 245 Å². The molecule has 12 rings (SSSR count). The number of aryl methyl sites for hydroxylation is 2. The van der Waals surface area contributed by atoms with Gasteiger partial charge in [0, 0.05) is 0 Å². The van der Waals surface area contributed by atoms with Crippen LogP contribution < -0.4 is 24.8 Å². The standard InChI is InChI=1S/2C34H29.C2H6Si.2ClH.Zr/c2*1-2-3-4-11-24-22-33-31(29-18-9-14-25-12-5-7-16-27(25)29)20-21-32(34(33)23-24)30-19-10-15-26-13-6-8-17-28(26)30;1-3-2;;;/h2*5-10,12-23H,2-4,11H2,1H3;1-2H3;2*1H;/q2*-1;;;;+2/p-2. The van der Waals surface area contributed by atoms with Crippen molar-refractivity contribution in [3.8, 4) is 44.5 Å². The molecule has 0 aromatic heterocycles. The molecule has 368 valence electrons. The van der Waals surface area contributed by atoms with E-state index in [-0.39, 0.29) is 30.2 Å². The van der Waals surface area contributed by atoms with E-state index < -0.39 is 0 Å². The largest absolute Gasteiger partial charge is 1.00 e. The molecule has 0 spiro atoms. The summed E-state index contributed by atoms with van der Waals surface area (Å²) in [5.74, 6) is 0. The summed E-state index contributed by atoms with van der Waals surface area (Å²) in [5, 5.41) is 15.9. The van der Waals surface area contributed by atoms with Crippen LogP contribution in [0.4, 0.5) is 0 Å². The van der Waals surface area contributed by atoms with Crippen LogP contribution in [-0.2, 0) is 36.2 Å². The SMILES string of the molecule is CCCCCc1cc2c(-c3cccc4ccccc34)ccc(-c3cccc4ccccc34)c2[cH-]1.CCCCCc1cc2c(-c3cccc4ccccc34)ccc(-c3cccc4ccccc34)c2[cH-]1.C[Si](C)=[Zr+2].[Cl-].[Cl-]. The summed E-state index contributed by atoms with van der Waals surface area (Å²) in [6.07, 6.45) is 9.87. The molecule has 12 aromatic carbocycles. The minimum absolute atomic E-state index is 0. The molecule has 0 aliphatic heterocycles. The van der Waals surface area contributed by atoms with Crippen LogP contribution in [0.25, 0.3) is 109 Å². The maximum atomic E-state index is 2.46. The normalized spacial score (nSPS) is 11.0. The van der Waals surface area contributed by atoms with Crippen molar-refractivity contribution < 1.29 is 48.1 Å². The molecule has 0 aliphatic rings. The molecule has 12 aromatic rings. The van der Waals surface area contributed by atoms with Gasteiger partial charge < -0.3 is 24.8 Å². The zero-order chi connectivity index (χ0) is 49.4. The van der Waals surface area contributed by atoms with E-state index in [9.17, 15) is 0 Å². The van der Waals surface area contributed by atoms with E-state index in [1.807, 2.05) is 0 Å². The molecule has 0 atom stereocenters. The maximum absolute atomic E-state index is 2.46. The molecule has 0 aliphatic carbocycles. The van der Waals surface area contributed by atoms with Crippen LogP contribution >= 0.6 is 0 Å². The number of unbranched alkanes of at least 4 members (excludes halogenated alkanes) is 4. The Hall–Kier alpha value is -5.86. The first-order valence-corrected chi connectivity index (χ1v) is 32.5. The molecule has 0 amide bonds. The van der Waals surface area contributed by atoms with Crippen molar-refractivity contribution in [2.45, 2.75) is 78.3 Å². The Kier molecular flexibility index (Phi) is 18.8. The molecule has 74 heavy (non-hydrogen) atoms. The van der Waals surface area contributed by atoms with Gasteiger partial charge in [0.25, 0.3) is 0 Å². The molecule has 0 saturated carbocycles. The molecular weight excluding hydrogens is 1030 g/mol. The Morgan fingerprint density at radius 3 is 0.892 bits per heavy atom. The van der Waals surface area contributed by atoms with Gasteiger partial charge in [-0.3, -0.25) is 0 Å². The van der Waals surface area contributed by atoms with Gasteiger partial charge in [0.2, 0.25) is 0 Å². The molecule has 0 unspecified atom stereocenters. The number of halogens is 2. The summed E-state index contributed by atoms with van der Waals surface area (Å²) in [5.41, 5.74) is 13.7. The van der Waals surface area contributed by atoms with E-state index in [0.29, 0.717) is 0 Å². The van der Waals surface area contributed by atoms with E-state index in [0.717, 1.165) is 12.8 Å². The second-order valence-electron chi connectivity index (χ2n) is 19.7. The Morgan fingerprint density at radius 1 is 0.324 bits per heavy atom. The second kappa shape index (κ2) is 25.6. The Morgan fingerprint density at radius 2 is 0.581 bits per heavy atom. The fraction of sp³-hybridized carbons (Fsp3) is 0.171. The predicted molar refractivity (Wildman–Crippen MR) is 315 cm³/mol. The fourth-order valence-corrected chi connectivity index (χ4v) is 10.9. The number of benzene rings is 10. The third-order valence-electron chi connectivity index (χ3n) is 14.4. The third kappa shape index (κ3) is 11.8. The van der Waals surface area contributed by atoms with Crippen molar-refractivity contribution in [1.29, 1.82) is 0 Å². The molecule has 0 fully saturated rings. The van der Waals surface area contributed by atoms with Crippen LogP contribution in [0.3, 0.4) is 0 Å². The zero-order valence-electron chi connectivity index (χ0n) is 43.2. The van der Waals surface area contributed by atoms with Crippen LogP contribution in [0.2, 0.25) is 13.1 Å². The summed E-state index contributed by atoms with van der Waals surface area (Å²) in [4.78, 5) is 0. The van der Waals surface area contributed by atoms with E-state index in [1.54, 1.807) is 23.3 Å². The van der Waals surface area contributed by atoms with E-state index in [4.69, 9.17) is 0 Å². The maximum Gasteiger partial charge on any atom is -1.00 e. The Balaban J connectivity index is 0.000000179. The molecule has 0 radical (unpaired) electrons. The molecule has 0 heterocycles. The molecule has 0 saturated heterocycles. The van der Waals surface area contributed by atoms with Gasteiger partial charge in [0.05, 0.1) is 0 Å². The first-order valence-electron chi connectivity index (χ1n) is 26.3. The van der Waals surface area contributed by atoms with Crippen molar-refractivity contribution in [3.63, 3.8) is 0 Å². The van der Waals surface area contributed by atoms with Gasteiger partial charge in [-0.2, -0.15) is 12.1 Å². The van der Waals surface area contributed by atoms with Crippen LogP contribution in [0.1, 0.15) is 63.5 Å². The first kappa shape index (κ1) is 54.4. The number of rotatable bonds is 12. The number of hydrogen-bond donors (Lipinski definition) is 0. The van der Waals surface area contributed by atoms with Gasteiger partial charge in [-0.1, -0.05) is 280 Å². The van der Waals surface area contributed by atoms with Crippen LogP contribution in [0.5, 0.6) is 0 Å². The van der Waals surface area contributed by atoms with Gasteiger partial charge in [0.1, 0.15) is 0 Å². The van der Waals surface area contributed by atoms with Gasteiger partial charge in [0.15, 0.2) is 0 Å². The molecule has 4 heteroatoms. The summed E-state index contributed by atoms with van der Waals surface area (Å²) in [7, 11) is 0. The van der Waals surface area contributed by atoms with Crippen molar-refractivity contribution in [2.75, 3.05) is 0 Å². The average Bonchev–Trinajstić information content (AvgIpc) is 4.05. The minimum atomic E-state index is 0. The number of fused-ring (bicyclic) bond motifs is 6. The summed E-state index contributed by atoms with van der Waals surface area (Å²) < 4.78 is 0. The summed E-state index contributed by atoms with van der Waals surface area (Å²) >= 11 is 1.74. The smallest absolute Gasteiger partial charge is 1.00 e. The van der Waals surface area contributed by atoms with Crippen LogP contribution in [-0.4, -0.2) is 5.43 Å². The molecule has 0 bridgehead atoms. The second-order valence-corrected chi connectivity index (χ2v) is 29.1. The monoisotopic (exact) mass is 1090 g/mol. The van der Waals surface area contributed by atoms with E-state index >= 15 is 0 Å². The van der Waals surface area contributed by atoms with Gasteiger partial charge in [-0.05, 0) is 67.1 Å². The number of hydrogen-bond acceptors (Lipinski definition) is 0. The topological polar surface area (TPSA) is 0 Å². The fourth-order valence-electron chi connectivity index (χ4n) is 10.9. The minimum Gasteiger partial charge on any atom is -1.00 e. The van der Waals surface area contributed by atoms with Crippen molar-refractivity contribution in [1.82, 2.24) is 0 Å². The Labute approximate surface area is 466 Å². The van der Waals surface area contributed by atoms with Crippen LogP contribution in [0, 0.1) is 0 Å². The Bertz CT molecular complexity index is 3350.